The molecule has 0 amide bonds. The summed E-state index contributed by atoms with van der Waals surface area (Å²) in [7, 11) is 0. The minimum Gasteiger partial charge on any atom is -0.107 e. The summed E-state index contributed by atoms with van der Waals surface area (Å²) in [4.78, 5) is 2.73. The molecule has 3 aromatic carbocycles. The van der Waals surface area contributed by atoms with Crippen LogP contribution in [0.15, 0.2) is 101 Å². The molecule has 0 heterocycles. The van der Waals surface area contributed by atoms with Crippen LogP contribution in [-0.2, 0) is 0 Å². The van der Waals surface area contributed by atoms with Crippen molar-refractivity contribution in [3.05, 3.63) is 96.6 Å². The maximum Gasteiger partial charge on any atom is 0.0773 e. The van der Waals surface area contributed by atoms with Crippen molar-refractivity contribution in [2.24, 2.45) is 0 Å². The van der Waals surface area contributed by atoms with Crippen molar-refractivity contribution in [2.45, 2.75) is 32.6 Å². The van der Waals surface area contributed by atoms with Crippen LogP contribution in [0.5, 0.6) is 0 Å². The Labute approximate surface area is 152 Å². The number of hydrogen-bond acceptors (Lipinski definition) is 2. The van der Waals surface area contributed by atoms with E-state index in [0.717, 1.165) is 0 Å². The van der Waals surface area contributed by atoms with Gasteiger partial charge in [-0.15, -0.1) is 23.5 Å². The maximum atomic E-state index is 2.29. The number of benzene rings is 3. The zero-order valence-corrected chi connectivity index (χ0v) is 15.1. The van der Waals surface area contributed by atoms with Crippen LogP contribution in [0.3, 0.4) is 0 Å². The molecule has 0 radical (unpaired) electrons. The van der Waals surface area contributed by atoms with Crippen molar-refractivity contribution in [2.75, 3.05) is 0 Å². The average Bonchev–Trinajstić information content (AvgIpc) is 2.63. The van der Waals surface area contributed by atoms with Gasteiger partial charge >= 0.3 is 0 Å². The van der Waals surface area contributed by atoms with E-state index in [0.29, 0.717) is 5.92 Å². The topological polar surface area (TPSA) is 0 Å². The molecule has 1 unspecified atom stereocenters. The van der Waals surface area contributed by atoms with E-state index in [-0.39, 0.29) is 4.08 Å². The molecule has 24 heavy (non-hydrogen) atoms. The Morgan fingerprint density at radius 1 is 0.625 bits per heavy atom. The van der Waals surface area contributed by atoms with Gasteiger partial charge in [0.15, 0.2) is 0 Å². The van der Waals surface area contributed by atoms with Crippen molar-refractivity contribution in [1.82, 2.24) is 0 Å². The summed E-state index contributed by atoms with van der Waals surface area (Å²) in [5.74, 6) is 0.592. The summed E-state index contributed by atoms with van der Waals surface area (Å²) >= 11 is 4.08. The van der Waals surface area contributed by atoms with Crippen LogP contribution < -0.4 is 0 Å². The van der Waals surface area contributed by atoms with Gasteiger partial charge in [-0.25, -0.2) is 0 Å². The molecule has 3 aromatic rings. The second-order valence-corrected chi connectivity index (χ2v) is 9.21. The molecule has 1 atom stereocenters. The summed E-state index contributed by atoms with van der Waals surface area (Å²) in [6.07, 6.45) is 2.51. The highest BCUT2D eigenvalue weighted by Crippen LogP contribution is 2.64. The van der Waals surface area contributed by atoms with Gasteiger partial charge in [0.05, 0.1) is 4.08 Å². The fourth-order valence-corrected chi connectivity index (χ4v) is 6.63. The van der Waals surface area contributed by atoms with E-state index in [2.05, 4.69) is 91.0 Å². The van der Waals surface area contributed by atoms with E-state index in [4.69, 9.17) is 0 Å². The zero-order valence-electron chi connectivity index (χ0n) is 13.5. The molecule has 2 heteroatoms. The molecule has 1 saturated carbocycles. The van der Waals surface area contributed by atoms with E-state index in [1.165, 1.54) is 28.2 Å². The molecule has 0 N–H and O–H groups in total. The van der Waals surface area contributed by atoms with Crippen LogP contribution in [0, 0.1) is 0 Å². The van der Waals surface area contributed by atoms with Gasteiger partial charge in [-0.2, -0.15) is 0 Å². The number of hydrogen-bond donors (Lipinski definition) is 0. The van der Waals surface area contributed by atoms with Crippen LogP contribution in [0.2, 0.25) is 0 Å². The monoisotopic (exact) mass is 348 g/mol. The Kier molecular flexibility index (Phi) is 4.68. The normalized spacial score (nSPS) is 18.8. The van der Waals surface area contributed by atoms with E-state index >= 15 is 0 Å². The molecule has 1 aliphatic carbocycles. The molecule has 0 saturated heterocycles. The van der Waals surface area contributed by atoms with Crippen LogP contribution in [0.4, 0.5) is 0 Å². The van der Waals surface area contributed by atoms with Crippen LogP contribution >= 0.6 is 23.5 Å². The molecule has 0 aliphatic heterocycles. The third kappa shape index (κ3) is 3.26. The third-order valence-electron chi connectivity index (χ3n) is 4.58. The Bertz CT molecular complexity index is 727. The summed E-state index contributed by atoms with van der Waals surface area (Å²) in [6.45, 7) is 0. The first kappa shape index (κ1) is 15.9. The second-order valence-electron chi connectivity index (χ2n) is 6.14. The molecule has 0 aromatic heterocycles. The number of rotatable bonds is 5. The maximum absolute atomic E-state index is 2.29. The van der Waals surface area contributed by atoms with Crippen molar-refractivity contribution in [3.8, 4) is 0 Å². The van der Waals surface area contributed by atoms with Gasteiger partial charge in [0, 0.05) is 15.7 Å². The summed E-state index contributed by atoms with van der Waals surface area (Å²) < 4.78 is 0.185. The Balaban J connectivity index is 1.67. The highest BCUT2D eigenvalue weighted by atomic mass is 32.2. The highest BCUT2D eigenvalue weighted by Gasteiger charge is 2.49. The minimum absolute atomic E-state index is 0.185. The fraction of sp³-hybridized carbons (Fsp3) is 0.182. The van der Waals surface area contributed by atoms with Gasteiger partial charge < -0.3 is 0 Å². The molecule has 4 rings (SSSR count). The lowest BCUT2D eigenvalue weighted by molar-refractivity contribution is 0.403. The molecular formula is C22H20S2. The molecule has 1 fully saturated rings. The smallest absolute Gasteiger partial charge is 0.0773 e. The first-order valence-electron chi connectivity index (χ1n) is 8.39. The lowest BCUT2D eigenvalue weighted by Crippen LogP contribution is -2.39. The minimum atomic E-state index is 0.185. The first-order chi connectivity index (χ1) is 11.9. The number of thioether (sulfide) groups is 2. The molecule has 1 aliphatic rings. The third-order valence-corrected chi connectivity index (χ3v) is 7.77. The summed E-state index contributed by atoms with van der Waals surface area (Å²) in [6, 6.07) is 32.7. The quantitative estimate of drug-likeness (QED) is 0.463. The van der Waals surface area contributed by atoms with E-state index < -0.39 is 0 Å². The Morgan fingerprint density at radius 3 is 1.50 bits per heavy atom. The van der Waals surface area contributed by atoms with E-state index in [1.54, 1.807) is 0 Å². The fourth-order valence-electron chi connectivity index (χ4n) is 3.27. The predicted octanol–water partition coefficient (Wildman–Crippen LogP) is 6.84. The Hall–Kier alpha value is -1.64. The lowest BCUT2D eigenvalue weighted by Gasteiger charge is -2.49. The van der Waals surface area contributed by atoms with Crippen molar-refractivity contribution < 1.29 is 0 Å². The standard InChI is InChI=1S/C22H20S2/c1-4-10-18(11-5-1)21-16-17-22(21,23-19-12-6-2-7-13-19)24-20-14-8-3-9-15-20/h1-15,21H,16-17H2. The SMILES string of the molecule is c1ccc(SC2(Sc3ccccc3)CCC2c2ccccc2)cc1. The zero-order chi connectivity index (χ0) is 16.2. The van der Waals surface area contributed by atoms with Crippen molar-refractivity contribution >= 4 is 23.5 Å². The van der Waals surface area contributed by atoms with E-state index in [1.807, 2.05) is 23.5 Å². The highest BCUT2D eigenvalue weighted by molar-refractivity contribution is 8.18. The van der Waals surface area contributed by atoms with Crippen LogP contribution in [0.25, 0.3) is 0 Å². The van der Waals surface area contributed by atoms with Gasteiger partial charge in [0.25, 0.3) is 0 Å². The second kappa shape index (κ2) is 7.08. The van der Waals surface area contributed by atoms with Crippen LogP contribution in [-0.4, -0.2) is 4.08 Å². The van der Waals surface area contributed by atoms with Crippen molar-refractivity contribution in [3.63, 3.8) is 0 Å². The molecule has 0 bridgehead atoms. The Morgan fingerprint density at radius 2 is 1.08 bits per heavy atom. The van der Waals surface area contributed by atoms with Gasteiger partial charge in [-0.1, -0.05) is 66.7 Å². The summed E-state index contributed by atoms with van der Waals surface area (Å²) in [5.41, 5.74) is 1.47. The molecule has 120 valence electrons. The van der Waals surface area contributed by atoms with Gasteiger partial charge in [-0.3, -0.25) is 0 Å². The van der Waals surface area contributed by atoms with Gasteiger partial charge in [0.2, 0.25) is 0 Å². The lowest BCUT2D eigenvalue weighted by atomic mass is 9.78. The van der Waals surface area contributed by atoms with Gasteiger partial charge in [-0.05, 0) is 42.7 Å². The largest absolute Gasteiger partial charge is 0.107 e. The first-order valence-corrected chi connectivity index (χ1v) is 10.0. The van der Waals surface area contributed by atoms with Crippen molar-refractivity contribution in [1.29, 1.82) is 0 Å². The predicted molar refractivity (Wildman–Crippen MR) is 106 cm³/mol. The molecular weight excluding hydrogens is 328 g/mol. The van der Waals surface area contributed by atoms with Gasteiger partial charge in [0.1, 0.15) is 0 Å². The molecule has 0 nitrogen and oxygen atoms in total. The molecule has 0 spiro atoms. The van der Waals surface area contributed by atoms with Crippen LogP contribution in [0.1, 0.15) is 24.3 Å². The summed E-state index contributed by atoms with van der Waals surface area (Å²) in [5, 5.41) is 0. The average molecular weight is 349 g/mol. The van der Waals surface area contributed by atoms with E-state index in [9.17, 15) is 0 Å².